The first-order valence-corrected chi connectivity index (χ1v) is 5.49. The molecular weight excluding hydrogens is 146 g/mol. The third-order valence-corrected chi connectivity index (χ3v) is 3.54. The highest BCUT2D eigenvalue weighted by Crippen LogP contribution is 2.46. The van der Waals surface area contributed by atoms with E-state index in [0.717, 1.165) is 6.04 Å². The molecule has 1 fully saturated rings. The number of nitrogens with one attached hydrogen (secondary N) is 1. The van der Waals surface area contributed by atoms with Crippen LogP contribution in [-0.4, -0.2) is 12.6 Å². The predicted octanol–water partition coefficient (Wildman–Crippen LogP) is 2.95. The van der Waals surface area contributed by atoms with Gasteiger partial charge in [0.1, 0.15) is 0 Å². The highest BCUT2D eigenvalue weighted by molar-refractivity contribution is 4.95. The molecule has 1 N–H and O–H groups in total. The fraction of sp³-hybridized carbons (Fsp3) is 1.00. The topological polar surface area (TPSA) is 12.0 Å². The normalized spacial score (nSPS) is 22.2. The van der Waals surface area contributed by atoms with E-state index in [0.29, 0.717) is 5.41 Å². The minimum absolute atomic E-state index is 0.714. The average molecular weight is 169 g/mol. The van der Waals surface area contributed by atoms with E-state index in [4.69, 9.17) is 0 Å². The molecule has 1 rings (SSSR count). The molecule has 0 heterocycles. The second kappa shape index (κ2) is 4.27. The maximum Gasteiger partial charge on any atom is 0.00776 e. The maximum absolute atomic E-state index is 3.59. The van der Waals surface area contributed by atoms with Crippen molar-refractivity contribution < 1.29 is 0 Å². The van der Waals surface area contributed by atoms with Gasteiger partial charge in [-0.2, -0.15) is 0 Å². The zero-order valence-corrected chi connectivity index (χ0v) is 8.82. The van der Waals surface area contributed by atoms with Crippen LogP contribution in [0.25, 0.3) is 0 Å². The molecule has 0 atom stereocenters. The van der Waals surface area contributed by atoms with Gasteiger partial charge in [0.05, 0.1) is 0 Å². The lowest BCUT2D eigenvalue weighted by Crippen LogP contribution is -2.48. The van der Waals surface area contributed by atoms with Gasteiger partial charge in [-0.1, -0.05) is 33.6 Å². The van der Waals surface area contributed by atoms with Gasteiger partial charge < -0.3 is 5.32 Å². The van der Waals surface area contributed by atoms with E-state index in [1.54, 1.807) is 0 Å². The van der Waals surface area contributed by atoms with Gasteiger partial charge >= 0.3 is 0 Å². The van der Waals surface area contributed by atoms with Crippen molar-refractivity contribution in [3.05, 3.63) is 0 Å². The van der Waals surface area contributed by atoms with Gasteiger partial charge in [0, 0.05) is 6.04 Å². The molecule has 0 unspecified atom stereocenters. The molecular formula is C11H23N. The Morgan fingerprint density at radius 2 is 1.75 bits per heavy atom. The van der Waals surface area contributed by atoms with Gasteiger partial charge in [-0.3, -0.25) is 0 Å². The van der Waals surface area contributed by atoms with E-state index < -0.39 is 0 Å². The van der Waals surface area contributed by atoms with Crippen LogP contribution in [0.4, 0.5) is 0 Å². The highest BCUT2D eigenvalue weighted by atomic mass is 14.9. The monoisotopic (exact) mass is 169 g/mol. The maximum atomic E-state index is 3.59. The van der Waals surface area contributed by atoms with Gasteiger partial charge in [-0.15, -0.1) is 0 Å². The fourth-order valence-corrected chi connectivity index (χ4v) is 2.31. The van der Waals surface area contributed by atoms with Gasteiger partial charge in [0.2, 0.25) is 0 Å². The molecule has 1 aliphatic carbocycles. The minimum atomic E-state index is 0.714. The van der Waals surface area contributed by atoms with Crippen LogP contribution in [0.2, 0.25) is 0 Å². The van der Waals surface area contributed by atoms with Crippen molar-refractivity contribution in [2.45, 2.75) is 58.9 Å². The predicted molar refractivity (Wildman–Crippen MR) is 54.3 cm³/mol. The molecule has 1 nitrogen and oxygen atoms in total. The van der Waals surface area contributed by atoms with Crippen molar-refractivity contribution in [1.29, 1.82) is 0 Å². The van der Waals surface area contributed by atoms with Crippen molar-refractivity contribution in [2.24, 2.45) is 5.41 Å². The molecule has 0 spiro atoms. The third-order valence-electron chi connectivity index (χ3n) is 3.54. The zero-order chi connectivity index (χ0) is 9.03. The first kappa shape index (κ1) is 10.0. The summed E-state index contributed by atoms with van der Waals surface area (Å²) in [6.45, 7) is 8.10. The smallest absolute Gasteiger partial charge is 0.00776 e. The average Bonchev–Trinajstić information content (AvgIpc) is 2.04. The first-order chi connectivity index (χ1) is 5.76. The van der Waals surface area contributed by atoms with Gasteiger partial charge in [-0.25, -0.2) is 0 Å². The van der Waals surface area contributed by atoms with Crippen molar-refractivity contribution in [3.63, 3.8) is 0 Å². The van der Waals surface area contributed by atoms with Crippen LogP contribution in [0.3, 0.4) is 0 Å². The van der Waals surface area contributed by atoms with Crippen LogP contribution >= 0.6 is 0 Å². The van der Waals surface area contributed by atoms with Crippen LogP contribution in [-0.2, 0) is 0 Å². The Morgan fingerprint density at radius 3 is 2.17 bits per heavy atom. The zero-order valence-electron chi connectivity index (χ0n) is 8.82. The molecule has 72 valence electrons. The second-order valence-corrected chi connectivity index (χ2v) is 4.27. The van der Waals surface area contributed by atoms with E-state index in [1.807, 2.05) is 0 Å². The minimum Gasteiger partial charge on any atom is -0.314 e. The van der Waals surface area contributed by atoms with Crippen LogP contribution in [0.1, 0.15) is 52.9 Å². The summed E-state index contributed by atoms with van der Waals surface area (Å²) in [5, 5.41) is 3.59. The molecule has 0 saturated heterocycles. The lowest BCUT2D eigenvalue weighted by atomic mass is 9.62. The van der Waals surface area contributed by atoms with E-state index >= 15 is 0 Å². The van der Waals surface area contributed by atoms with E-state index in [-0.39, 0.29) is 0 Å². The Hall–Kier alpha value is -0.0400. The summed E-state index contributed by atoms with van der Waals surface area (Å²) in [4.78, 5) is 0. The van der Waals surface area contributed by atoms with Crippen LogP contribution in [0, 0.1) is 5.41 Å². The summed E-state index contributed by atoms with van der Waals surface area (Å²) in [6.07, 6.45) is 6.84. The molecule has 0 aromatic carbocycles. The molecule has 0 radical (unpaired) electrons. The molecule has 1 aliphatic rings. The van der Waals surface area contributed by atoms with Crippen molar-refractivity contribution in [1.82, 2.24) is 5.32 Å². The third kappa shape index (κ3) is 2.01. The summed E-state index contributed by atoms with van der Waals surface area (Å²) in [6, 6.07) is 0.838. The van der Waals surface area contributed by atoms with E-state index in [2.05, 4.69) is 26.1 Å². The van der Waals surface area contributed by atoms with E-state index in [1.165, 1.54) is 38.6 Å². The molecule has 0 aliphatic heterocycles. The number of hydrogen-bond donors (Lipinski definition) is 1. The van der Waals surface area contributed by atoms with E-state index in [9.17, 15) is 0 Å². The number of rotatable bonds is 5. The molecule has 12 heavy (non-hydrogen) atoms. The fourth-order valence-electron chi connectivity index (χ4n) is 2.31. The lowest BCUT2D eigenvalue weighted by molar-refractivity contribution is 0.0725. The Labute approximate surface area is 76.9 Å². The quantitative estimate of drug-likeness (QED) is 0.667. The lowest BCUT2D eigenvalue weighted by Gasteiger charge is -2.47. The van der Waals surface area contributed by atoms with Crippen LogP contribution in [0.5, 0.6) is 0 Å². The Kier molecular flexibility index (Phi) is 3.57. The summed E-state index contributed by atoms with van der Waals surface area (Å²) < 4.78 is 0. The van der Waals surface area contributed by atoms with Gasteiger partial charge in [-0.05, 0) is 31.2 Å². The molecule has 1 saturated carbocycles. The summed E-state index contributed by atoms with van der Waals surface area (Å²) in [5.41, 5.74) is 0.714. The van der Waals surface area contributed by atoms with Crippen molar-refractivity contribution in [2.75, 3.05) is 6.54 Å². The van der Waals surface area contributed by atoms with Crippen LogP contribution < -0.4 is 5.32 Å². The second-order valence-electron chi connectivity index (χ2n) is 4.27. The first-order valence-electron chi connectivity index (χ1n) is 5.49. The summed E-state index contributed by atoms with van der Waals surface area (Å²) >= 11 is 0. The van der Waals surface area contributed by atoms with Gasteiger partial charge in [0.15, 0.2) is 0 Å². The Bertz CT molecular complexity index is 119. The summed E-state index contributed by atoms with van der Waals surface area (Å²) in [5.74, 6) is 0. The standard InChI is InChI=1S/C11H23N/c1-4-7-12-10-8-11(5-2,6-3)9-10/h10,12H,4-9H2,1-3H3. The Balaban J connectivity index is 2.16. The highest BCUT2D eigenvalue weighted by Gasteiger charge is 2.40. The SMILES string of the molecule is CCCNC1CC(CC)(CC)C1. The molecule has 0 bridgehead atoms. The molecule has 0 aromatic rings. The Morgan fingerprint density at radius 1 is 1.17 bits per heavy atom. The van der Waals surface area contributed by atoms with Gasteiger partial charge in [0.25, 0.3) is 0 Å². The van der Waals surface area contributed by atoms with Crippen LogP contribution in [0.15, 0.2) is 0 Å². The molecule has 0 aromatic heterocycles. The number of hydrogen-bond acceptors (Lipinski definition) is 1. The van der Waals surface area contributed by atoms with Crippen molar-refractivity contribution in [3.8, 4) is 0 Å². The summed E-state index contributed by atoms with van der Waals surface area (Å²) in [7, 11) is 0. The molecule has 1 heteroatoms. The largest absolute Gasteiger partial charge is 0.314 e. The van der Waals surface area contributed by atoms with Crippen molar-refractivity contribution >= 4 is 0 Å². The molecule has 0 amide bonds.